The van der Waals surface area contributed by atoms with Crippen LogP contribution in [0.25, 0.3) is 17.2 Å². The van der Waals surface area contributed by atoms with Crippen molar-refractivity contribution in [2.75, 3.05) is 0 Å². The van der Waals surface area contributed by atoms with Crippen molar-refractivity contribution in [2.24, 2.45) is 22.4 Å². The van der Waals surface area contributed by atoms with Crippen molar-refractivity contribution in [3.63, 3.8) is 0 Å². The van der Waals surface area contributed by atoms with E-state index in [9.17, 15) is 0 Å². The molecule has 1 unspecified atom stereocenters. The Morgan fingerprint density at radius 3 is 2.66 bits per heavy atom. The molecule has 8 nitrogen and oxygen atoms in total. The van der Waals surface area contributed by atoms with E-state index in [2.05, 4.69) is 51.0 Å². The van der Waals surface area contributed by atoms with Gasteiger partial charge in [-0.05, 0) is 42.9 Å². The minimum Gasteiger partial charge on any atom is -0.404 e. The number of nitrogens with one attached hydrogen (secondary N) is 1. The van der Waals surface area contributed by atoms with Gasteiger partial charge in [-0.1, -0.05) is 36.0 Å². The van der Waals surface area contributed by atoms with Crippen LogP contribution in [0.15, 0.2) is 64.6 Å². The van der Waals surface area contributed by atoms with Gasteiger partial charge < -0.3 is 16.0 Å². The predicted octanol–water partition coefficient (Wildman–Crippen LogP) is 2.98. The van der Waals surface area contributed by atoms with Crippen LogP contribution in [0.5, 0.6) is 0 Å². The van der Waals surface area contributed by atoms with Crippen LogP contribution in [-0.2, 0) is 5.41 Å². The van der Waals surface area contributed by atoms with E-state index in [1.54, 1.807) is 18.5 Å². The standard InChI is InChI=1S/C21H23N7O/c1-13(23)24-12-15(11-22)14-3-5-16(6-4-14)21(2,17-7-8-17)20-26-19(29-28-20)18-9-10-25-27-18/h3-6,9-12,17H,1,7-8,22-23H2,2H3,(H,25,27)/b15-11+,24-12?. The van der Waals surface area contributed by atoms with Crippen molar-refractivity contribution in [3.05, 3.63) is 72.1 Å². The molecule has 0 saturated heterocycles. The molecule has 3 aromatic rings. The zero-order valence-corrected chi connectivity index (χ0v) is 16.2. The van der Waals surface area contributed by atoms with Gasteiger partial charge in [0.25, 0.3) is 5.89 Å². The third-order valence-electron chi connectivity index (χ3n) is 5.38. The number of aromatic nitrogens is 4. The minimum absolute atomic E-state index is 0.229. The van der Waals surface area contributed by atoms with Gasteiger partial charge >= 0.3 is 0 Å². The lowest BCUT2D eigenvalue weighted by molar-refractivity contribution is 0.386. The van der Waals surface area contributed by atoms with Crippen molar-refractivity contribution in [3.8, 4) is 11.6 Å². The second kappa shape index (κ2) is 7.38. The third kappa shape index (κ3) is 3.56. The van der Waals surface area contributed by atoms with E-state index in [-0.39, 0.29) is 11.2 Å². The largest absolute Gasteiger partial charge is 0.404 e. The number of aliphatic imine (C=N–C) groups is 1. The minimum atomic E-state index is -0.341. The lowest BCUT2D eigenvalue weighted by Gasteiger charge is -2.27. The summed E-state index contributed by atoms with van der Waals surface area (Å²) in [6, 6.07) is 9.98. The molecule has 148 valence electrons. The zero-order chi connectivity index (χ0) is 20.4. The number of aromatic amines is 1. The zero-order valence-electron chi connectivity index (χ0n) is 16.2. The molecule has 8 heteroatoms. The number of H-pyrrole nitrogens is 1. The van der Waals surface area contributed by atoms with Crippen molar-refractivity contribution in [1.29, 1.82) is 0 Å². The highest BCUT2D eigenvalue weighted by Gasteiger charge is 2.47. The van der Waals surface area contributed by atoms with Crippen LogP contribution in [0.2, 0.25) is 0 Å². The fourth-order valence-electron chi connectivity index (χ4n) is 3.50. The van der Waals surface area contributed by atoms with Gasteiger partial charge in [0.1, 0.15) is 11.5 Å². The normalized spacial score (nSPS) is 16.8. The molecular formula is C21H23N7O. The fourth-order valence-corrected chi connectivity index (χ4v) is 3.50. The van der Waals surface area contributed by atoms with Crippen LogP contribution in [-0.4, -0.2) is 26.6 Å². The third-order valence-corrected chi connectivity index (χ3v) is 5.38. The Balaban J connectivity index is 1.66. The smallest absolute Gasteiger partial charge is 0.275 e. The first-order valence-corrected chi connectivity index (χ1v) is 9.37. The Labute approximate surface area is 168 Å². The van der Waals surface area contributed by atoms with Crippen molar-refractivity contribution < 1.29 is 4.52 Å². The SMILES string of the molecule is C=C(N)N=C/C(=C\N)c1ccc(C(C)(c2noc(-c3ccn[nH]3)n2)C2CC2)cc1. The molecule has 2 heterocycles. The average molecular weight is 389 g/mol. The van der Waals surface area contributed by atoms with Crippen LogP contribution in [0.4, 0.5) is 0 Å². The average Bonchev–Trinajstić information content (AvgIpc) is 3.22. The number of nitrogens with two attached hydrogens (primary N) is 2. The summed E-state index contributed by atoms with van der Waals surface area (Å²) in [6.45, 7) is 5.73. The second-order valence-electron chi connectivity index (χ2n) is 7.32. The molecule has 29 heavy (non-hydrogen) atoms. The molecule has 1 atom stereocenters. The van der Waals surface area contributed by atoms with E-state index in [1.165, 1.54) is 6.20 Å². The van der Waals surface area contributed by atoms with Gasteiger partial charge in [0.2, 0.25) is 0 Å². The quantitative estimate of drug-likeness (QED) is 0.532. The van der Waals surface area contributed by atoms with Crippen LogP contribution >= 0.6 is 0 Å². The molecule has 0 radical (unpaired) electrons. The van der Waals surface area contributed by atoms with E-state index >= 15 is 0 Å². The Morgan fingerprint density at radius 1 is 1.31 bits per heavy atom. The number of hydrogen-bond donors (Lipinski definition) is 3. The van der Waals surface area contributed by atoms with Crippen LogP contribution in [0, 0.1) is 5.92 Å². The first-order chi connectivity index (χ1) is 14.0. The highest BCUT2D eigenvalue weighted by Crippen LogP contribution is 2.50. The van der Waals surface area contributed by atoms with Gasteiger partial charge in [0.15, 0.2) is 5.82 Å². The number of benzene rings is 1. The van der Waals surface area contributed by atoms with Gasteiger partial charge in [0, 0.05) is 24.2 Å². The number of rotatable bonds is 7. The summed E-state index contributed by atoms with van der Waals surface area (Å²) < 4.78 is 5.49. The Hall–Kier alpha value is -3.68. The summed E-state index contributed by atoms with van der Waals surface area (Å²) in [7, 11) is 0. The molecule has 1 aliphatic rings. The summed E-state index contributed by atoms with van der Waals surface area (Å²) in [5.41, 5.74) is 14.4. The van der Waals surface area contributed by atoms with E-state index < -0.39 is 0 Å². The molecule has 5 N–H and O–H groups in total. The lowest BCUT2D eigenvalue weighted by Crippen LogP contribution is -2.28. The first kappa shape index (κ1) is 18.7. The molecule has 0 aliphatic heterocycles. The van der Waals surface area contributed by atoms with E-state index in [0.717, 1.165) is 29.5 Å². The predicted molar refractivity (Wildman–Crippen MR) is 111 cm³/mol. The van der Waals surface area contributed by atoms with Gasteiger partial charge in [-0.3, -0.25) is 5.10 Å². The van der Waals surface area contributed by atoms with Crippen molar-refractivity contribution in [2.45, 2.75) is 25.2 Å². The molecule has 0 bridgehead atoms. The molecule has 1 saturated carbocycles. The highest BCUT2D eigenvalue weighted by molar-refractivity contribution is 6.09. The highest BCUT2D eigenvalue weighted by atomic mass is 16.5. The summed E-state index contributed by atoms with van der Waals surface area (Å²) >= 11 is 0. The van der Waals surface area contributed by atoms with E-state index in [4.69, 9.17) is 16.0 Å². The molecule has 1 aliphatic carbocycles. The fraction of sp³-hybridized carbons (Fsp3) is 0.238. The number of hydrogen-bond acceptors (Lipinski definition) is 7. The van der Waals surface area contributed by atoms with Crippen molar-refractivity contribution >= 4 is 11.8 Å². The molecule has 0 spiro atoms. The van der Waals surface area contributed by atoms with E-state index in [1.807, 2.05) is 12.1 Å². The van der Waals surface area contributed by atoms with Gasteiger partial charge in [0.05, 0.1) is 5.41 Å². The second-order valence-corrected chi connectivity index (χ2v) is 7.32. The van der Waals surface area contributed by atoms with Crippen LogP contribution < -0.4 is 11.5 Å². The van der Waals surface area contributed by atoms with Crippen LogP contribution in [0.1, 0.15) is 36.7 Å². The van der Waals surface area contributed by atoms with Crippen LogP contribution in [0.3, 0.4) is 0 Å². The molecule has 1 fully saturated rings. The Morgan fingerprint density at radius 2 is 2.07 bits per heavy atom. The Bertz CT molecular complexity index is 1060. The van der Waals surface area contributed by atoms with Crippen molar-refractivity contribution in [1.82, 2.24) is 20.3 Å². The monoisotopic (exact) mass is 389 g/mol. The summed E-state index contributed by atoms with van der Waals surface area (Å²) in [5, 5.41) is 11.1. The van der Waals surface area contributed by atoms with Gasteiger partial charge in [-0.25, -0.2) is 4.99 Å². The first-order valence-electron chi connectivity index (χ1n) is 9.37. The lowest BCUT2D eigenvalue weighted by atomic mass is 9.76. The van der Waals surface area contributed by atoms with Gasteiger partial charge in [-0.15, -0.1) is 0 Å². The molecule has 0 amide bonds. The number of nitrogens with zero attached hydrogens (tertiary/aromatic N) is 4. The summed E-state index contributed by atoms with van der Waals surface area (Å²) in [5.74, 6) is 1.81. The maximum absolute atomic E-state index is 5.75. The number of allylic oxidation sites excluding steroid dienone is 1. The van der Waals surface area contributed by atoms with Gasteiger partial charge in [-0.2, -0.15) is 10.1 Å². The molecule has 2 aromatic heterocycles. The molecule has 1 aromatic carbocycles. The maximum Gasteiger partial charge on any atom is 0.275 e. The maximum atomic E-state index is 5.75. The topological polar surface area (TPSA) is 132 Å². The summed E-state index contributed by atoms with van der Waals surface area (Å²) in [6.07, 6.45) is 7.02. The summed E-state index contributed by atoms with van der Waals surface area (Å²) in [4.78, 5) is 8.69. The molecule has 4 rings (SSSR count). The van der Waals surface area contributed by atoms with E-state index in [0.29, 0.717) is 23.3 Å². The Kier molecular flexibility index (Phi) is 4.75. The molecular weight excluding hydrogens is 366 g/mol.